The van der Waals surface area contributed by atoms with Crippen LogP contribution in [0.25, 0.3) is 11.3 Å². The number of benzene rings is 1. The lowest BCUT2D eigenvalue weighted by Crippen LogP contribution is -1.80. The van der Waals surface area contributed by atoms with Crippen molar-refractivity contribution in [2.75, 3.05) is 0 Å². The summed E-state index contributed by atoms with van der Waals surface area (Å²) >= 11 is 3.37. The molecule has 0 fully saturated rings. The van der Waals surface area contributed by atoms with Gasteiger partial charge in [0.2, 0.25) is 0 Å². The van der Waals surface area contributed by atoms with Crippen molar-refractivity contribution >= 4 is 15.9 Å². The topological polar surface area (TPSA) is 13.1 Å². The largest absolute Gasteiger partial charge is 0.463 e. The molecule has 0 saturated heterocycles. The lowest BCUT2D eigenvalue weighted by molar-refractivity contribution is 0.581. The zero-order chi connectivity index (χ0) is 10.1. The Bertz CT molecular complexity index is 437. The Labute approximate surface area is 91.9 Å². The minimum Gasteiger partial charge on any atom is -0.463 e. The highest BCUT2D eigenvalue weighted by Gasteiger charge is 2.03. The third-order valence-corrected chi connectivity index (χ3v) is 2.49. The van der Waals surface area contributed by atoms with Crippen LogP contribution in [0, 0.1) is 13.8 Å². The van der Waals surface area contributed by atoms with Gasteiger partial charge in [0.05, 0.1) is 4.47 Å². The summed E-state index contributed by atoms with van der Waals surface area (Å²) in [7, 11) is 0. The van der Waals surface area contributed by atoms with Crippen molar-refractivity contribution in [3.63, 3.8) is 0 Å². The summed E-state index contributed by atoms with van der Waals surface area (Å²) in [6, 6.07) is 8.38. The number of rotatable bonds is 1. The smallest absolute Gasteiger partial charge is 0.135 e. The number of hydrogen-bond acceptors (Lipinski definition) is 1. The molecule has 0 saturated carbocycles. The fraction of sp³-hybridized carbons (Fsp3) is 0.167. The molecule has 0 bridgehead atoms. The van der Waals surface area contributed by atoms with Crippen LogP contribution in [-0.4, -0.2) is 0 Å². The predicted octanol–water partition coefficient (Wildman–Crippen LogP) is 4.33. The molecule has 0 unspecified atom stereocenters. The average Bonchev–Trinajstić information content (AvgIpc) is 2.50. The second-order valence-corrected chi connectivity index (χ2v) is 4.42. The molecule has 0 aliphatic heterocycles. The molecule has 72 valence electrons. The molecule has 1 aromatic heterocycles. The first-order chi connectivity index (χ1) is 6.65. The molecule has 0 N–H and O–H groups in total. The summed E-state index contributed by atoms with van der Waals surface area (Å²) in [5, 5.41) is 0. The lowest BCUT2D eigenvalue weighted by Gasteiger charge is -2.01. The monoisotopic (exact) mass is 250 g/mol. The van der Waals surface area contributed by atoms with E-state index in [1.165, 1.54) is 11.1 Å². The fourth-order valence-corrected chi connectivity index (χ4v) is 1.88. The minimum atomic E-state index is 0.906. The van der Waals surface area contributed by atoms with Crippen molar-refractivity contribution in [3.8, 4) is 11.3 Å². The molecule has 0 atom stereocenters. The minimum absolute atomic E-state index is 0.906. The van der Waals surface area contributed by atoms with Gasteiger partial charge in [0.1, 0.15) is 12.0 Å². The molecule has 0 radical (unpaired) electrons. The summed E-state index contributed by atoms with van der Waals surface area (Å²) in [5.74, 6) is 0.906. The Morgan fingerprint density at radius 3 is 2.14 bits per heavy atom. The summed E-state index contributed by atoms with van der Waals surface area (Å²) in [4.78, 5) is 0. The van der Waals surface area contributed by atoms with E-state index in [2.05, 4.69) is 48.0 Å². The molecule has 2 heteroatoms. The van der Waals surface area contributed by atoms with Crippen molar-refractivity contribution in [1.82, 2.24) is 0 Å². The van der Waals surface area contributed by atoms with Gasteiger partial charge < -0.3 is 4.42 Å². The fourth-order valence-electron chi connectivity index (χ4n) is 1.58. The molecule has 14 heavy (non-hydrogen) atoms. The maximum absolute atomic E-state index is 5.41. The van der Waals surface area contributed by atoms with Gasteiger partial charge >= 0.3 is 0 Å². The molecule has 1 heterocycles. The Hall–Kier alpha value is -1.02. The highest BCUT2D eigenvalue weighted by Crippen LogP contribution is 2.26. The first-order valence-corrected chi connectivity index (χ1v) is 5.27. The Morgan fingerprint density at radius 2 is 1.64 bits per heavy atom. The molecule has 0 amide bonds. The molecular formula is C12H11BrO. The van der Waals surface area contributed by atoms with Crippen molar-refractivity contribution in [2.45, 2.75) is 13.8 Å². The molecule has 1 aromatic carbocycles. The Kier molecular flexibility index (Phi) is 2.46. The second-order valence-electron chi connectivity index (χ2n) is 3.51. The van der Waals surface area contributed by atoms with Gasteiger partial charge in [-0.05, 0) is 48.0 Å². The van der Waals surface area contributed by atoms with Crippen LogP contribution in [0.2, 0.25) is 0 Å². The van der Waals surface area contributed by atoms with Gasteiger partial charge in [0.25, 0.3) is 0 Å². The third-order valence-electron chi connectivity index (χ3n) is 2.07. The van der Waals surface area contributed by atoms with Crippen LogP contribution in [0.15, 0.2) is 39.4 Å². The van der Waals surface area contributed by atoms with E-state index in [1.54, 1.807) is 6.26 Å². The van der Waals surface area contributed by atoms with Crippen LogP contribution in [0.5, 0.6) is 0 Å². The molecule has 1 nitrogen and oxygen atoms in total. The third kappa shape index (κ3) is 1.90. The van der Waals surface area contributed by atoms with E-state index >= 15 is 0 Å². The molecule has 2 rings (SSSR count). The van der Waals surface area contributed by atoms with Gasteiger partial charge in [-0.1, -0.05) is 17.2 Å². The Morgan fingerprint density at radius 1 is 1.00 bits per heavy atom. The van der Waals surface area contributed by atoms with Crippen LogP contribution in [0.1, 0.15) is 11.1 Å². The summed E-state index contributed by atoms with van der Waals surface area (Å²) < 4.78 is 6.39. The number of aryl methyl sites for hydroxylation is 2. The zero-order valence-electron chi connectivity index (χ0n) is 8.17. The number of halogens is 1. The normalized spacial score (nSPS) is 10.5. The van der Waals surface area contributed by atoms with E-state index in [9.17, 15) is 0 Å². The van der Waals surface area contributed by atoms with Crippen LogP contribution in [0.4, 0.5) is 0 Å². The number of hydrogen-bond donors (Lipinski definition) is 0. The van der Waals surface area contributed by atoms with E-state index in [0.29, 0.717) is 0 Å². The zero-order valence-corrected chi connectivity index (χ0v) is 9.76. The van der Waals surface area contributed by atoms with Gasteiger partial charge in [-0.3, -0.25) is 0 Å². The van der Waals surface area contributed by atoms with Crippen LogP contribution >= 0.6 is 15.9 Å². The van der Waals surface area contributed by atoms with Crippen molar-refractivity contribution < 1.29 is 4.42 Å². The molecule has 0 aliphatic rings. The van der Waals surface area contributed by atoms with E-state index < -0.39 is 0 Å². The lowest BCUT2D eigenvalue weighted by atomic mass is 10.1. The molecule has 2 aromatic rings. The molecule has 0 spiro atoms. The van der Waals surface area contributed by atoms with Crippen LogP contribution < -0.4 is 0 Å². The quantitative estimate of drug-likeness (QED) is 0.735. The summed E-state index contributed by atoms with van der Waals surface area (Å²) in [5.41, 5.74) is 3.65. The van der Waals surface area contributed by atoms with E-state index in [1.807, 2.05) is 6.07 Å². The maximum atomic E-state index is 5.41. The van der Waals surface area contributed by atoms with Gasteiger partial charge in [-0.15, -0.1) is 0 Å². The van der Waals surface area contributed by atoms with Crippen LogP contribution in [0.3, 0.4) is 0 Å². The van der Waals surface area contributed by atoms with E-state index in [4.69, 9.17) is 4.42 Å². The second kappa shape index (κ2) is 3.62. The predicted molar refractivity (Wildman–Crippen MR) is 61.3 cm³/mol. The van der Waals surface area contributed by atoms with Gasteiger partial charge in [0, 0.05) is 5.56 Å². The summed E-state index contributed by atoms with van der Waals surface area (Å²) in [6.07, 6.45) is 1.70. The van der Waals surface area contributed by atoms with Crippen molar-refractivity contribution in [1.29, 1.82) is 0 Å². The van der Waals surface area contributed by atoms with Gasteiger partial charge in [-0.25, -0.2) is 0 Å². The maximum Gasteiger partial charge on any atom is 0.135 e. The first kappa shape index (κ1) is 9.53. The molecule has 0 aliphatic carbocycles. The summed E-state index contributed by atoms with van der Waals surface area (Å²) in [6.45, 7) is 4.18. The SMILES string of the molecule is Cc1cc(C)cc(-c2cc(Br)co2)c1. The first-order valence-electron chi connectivity index (χ1n) is 4.48. The van der Waals surface area contributed by atoms with Crippen molar-refractivity contribution in [3.05, 3.63) is 46.1 Å². The standard InChI is InChI=1S/C12H11BrO/c1-8-3-9(2)5-10(4-8)12-6-11(13)7-14-12/h3-7H,1-2H3. The molecular weight excluding hydrogens is 240 g/mol. The van der Waals surface area contributed by atoms with Crippen LogP contribution in [-0.2, 0) is 0 Å². The van der Waals surface area contributed by atoms with E-state index in [-0.39, 0.29) is 0 Å². The average molecular weight is 251 g/mol. The van der Waals surface area contributed by atoms with Gasteiger partial charge in [0.15, 0.2) is 0 Å². The number of furan rings is 1. The Balaban J connectivity index is 2.51. The highest BCUT2D eigenvalue weighted by molar-refractivity contribution is 9.10. The van der Waals surface area contributed by atoms with Crippen molar-refractivity contribution in [2.24, 2.45) is 0 Å². The highest BCUT2D eigenvalue weighted by atomic mass is 79.9. The van der Waals surface area contributed by atoms with E-state index in [0.717, 1.165) is 15.8 Å². The van der Waals surface area contributed by atoms with Gasteiger partial charge in [-0.2, -0.15) is 0 Å².